The molecule has 1 aromatic carbocycles. The summed E-state index contributed by atoms with van der Waals surface area (Å²) in [5, 5.41) is 11.2. The van der Waals surface area contributed by atoms with E-state index in [1.807, 2.05) is 0 Å². The number of carbonyl (C=O) groups excluding carboxylic acids is 1. The topological polar surface area (TPSA) is 52.9 Å². The summed E-state index contributed by atoms with van der Waals surface area (Å²) in [6.45, 7) is 3.58. The zero-order chi connectivity index (χ0) is 13.5. The van der Waals surface area contributed by atoms with Crippen molar-refractivity contribution in [1.29, 1.82) is 5.26 Å². The van der Waals surface area contributed by atoms with Crippen LogP contribution in [-0.4, -0.2) is 12.5 Å². The molecule has 18 heavy (non-hydrogen) atoms. The van der Waals surface area contributed by atoms with Crippen LogP contribution in [0.15, 0.2) is 36.4 Å². The van der Waals surface area contributed by atoms with E-state index in [1.165, 1.54) is 6.08 Å². The van der Waals surface area contributed by atoms with Crippen molar-refractivity contribution in [2.24, 2.45) is 0 Å². The van der Waals surface area contributed by atoms with Gasteiger partial charge in [0.15, 0.2) is 0 Å². The van der Waals surface area contributed by atoms with Gasteiger partial charge in [-0.3, -0.25) is 4.79 Å². The number of carbonyl (C=O) groups is 1. The van der Waals surface area contributed by atoms with E-state index in [4.69, 9.17) is 5.26 Å². The van der Waals surface area contributed by atoms with E-state index in [1.54, 1.807) is 6.07 Å². The first kappa shape index (κ1) is 13.6. The van der Waals surface area contributed by atoms with Crippen molar-refractivity contribution in [3.05, 3.63) is 53.6 Å². The molecule has 0 radical (unpaired) electrons. The molecule has 0 saturated carbocycles. The van der Waals surface area contributed by atoms with Crippen LogP contribution in [0.4, 0.5) is 8.78 Å². The smallest absolute Gasteiger partial charge is 0.262 e. The third-order valence-electron chi connectivity index (χ3n) is 2.03. The average molecular weight is 248 g/mol. The van der Waals surface area contributed by atoms with Gasteiger partial charge >= 0.3 is 0 Å². The Hall–Kier alpha value is -2.48. The number of nitriles is 1. The van der Waals surface area contributed by atoms with Gasteiger partial charge in [0.2, 0.25) is 0 Å². The van der Waals surface area contributed by atoms with Crippen molar-refractivity contribution in [2.75, 3.05) is 6.54 Å². The number of benzene rings is 1. The molecule has 3 nitrogen and oxygen atoms in total. The molecule has 0 unspecified atom stereocenters. The molecule has 92 valence electrons. The van der Waals surface area contributed by atoms with Gasteiger partial charge in [-0.05, 0) is 24.3 Å². The quantitative estimate of drug-likeness (QED) is 0.504. The molecule has 5 heteroatoms. The molecule has 1 amide bonds. The third-order valence-corrected chi connectivity index (χ3v) is 2.03. The van der Waals surface area contributed by atoms with Crippen molar-refractivity contribution < 1.29 is 13.6 Å². The number of halogens is 2. The summed E-state index contributed by atoms with van der Waals surface area (Å²) in [4.78, 5) is 11.5. The highest BCUT2D eigenvalue weighted by Gasteiger charge is 2.09. The molecule has 0 atom stereocenters. The van der Waals surface area contributed by atoms with Crippen LogP contribution in [-0.2, 0) is 4.79 Å². The van der Waals surface area contributed by atoms with Crippen LogP contribution in [0.2, 0.25) is 0 Å². The summed E-state index contributed by atoms with van der Waals surface area (Å²) in [5.41, 5.74) is -0.457. The second-order valence-corrected chi connectivity index (χ2v) is 3.33. The van der Waals surface area contributed by atoms with E-state index in [0.29, 0.717) is 0 Å². The second kappa shape index (κ2) is 6.30. The first-order valence-electron chi connectivity index (χ1n) is 5.04. The fourth-order valence-electron chi connectivity index (χ4n) is 1.19. The largest absolute Gasteiger partial charge is 0.348 e. The Kier molecular flexibility index (Phi) is 4.76. The van der Waals surface area contributed by atoms with Gasteiger partial charge in [-0.2, -0.15) is 5.26 Å². The lowest BCUT2D eigenvalue weighted by atomic mass is 10.1. The predicted molar refractivity (Wildman–Crippen MR) is 63.2 cm³/mol. The summed E-state index contributed by atoms with van der Waals surface area (Å²) in [5.74, 6) is -2.02. The van der Waals surface area contributed by atoms with Gasteiger partial charge in [0.1, 0.15) is 23.3 Å². The SMILES string of the molecule is C=CCNC(=O)/C(C#N)=C\c1cc(F)ccc1F. The molecule has 1 rings (SSSR count). The maximum absolute atomic E-state index is 13.3. The molecule has 0 aliphatic heterocycles. The van der Waals surface area contributed by atoms with Gasteiger partial charge in [-0.25, -0.2) is 8.78 Å². The highest BCUT2D eigenvalue weighted by molar-refractivity contribution is 6.01. The van der Waals surface area contributed by atoms with Crippen LogP contribution in [0.25, 0.3) is 6.08 Å². The Balaban J connectivity index is 3.04. The third kappa shape index (κ3) is 3.52. The maximum atomic E-state index is 13.3. The predicted octanol–water partition coefficient (Wildman–Crippen LogP) is 2.17. The number of nitrogens with zero attached hydrogens (tertiary/aromatic N) is 1. The lowest BCUT2D eigenvalue weighted by molar-refractivity contribution is -0.116. The first-order chi connectivity index (χ1) is 8.58. The Bertz CT molecular complexity index is 544. The minimum absolute atomic E-state index is 0.152. The van der Waals surface area contributed by atoms with Gasteiger partial charge in [0, 0.05) is 12.1 Å². The van der Waals surface area contributed by atoms with E-state index in [-0.39, 0.29) is 17.7 Å². The van der Waals surface area contributed by atoms with E-state index in [0.717, 1.165) is 24.3 Å². The van der Waals surface area contributed by atoms with Gasteiger partial charge in [0.25, 0.3) is 5.91 Å². The molecule has 0 saturated heterocycles. The number of nitrogens with one attached hydrogen (secondary N) is 1. The normalized spacial score (nSPS) is 10.6. The van der Waals surface area contributed by atoms with Gasteiger partial charge in [0.05, 0.1) is 0 Å². The standard InChI is InChI=1S/C13H10F2N2O/c1-2-5-17-13(18)10(8-16)6-9-7-11(14)3-4-12(9)15/h2-4,6-7H,1,5H2,(H,17,18)/b10-6-. The molecule has 1 N–H and O–H groups in total. The molecular weight excluding hydrogens is 238 g/mol. The van der Waals surface area contributed by atoms with E-state index in [2.05, 4.69) is 11.9 Å². The summed E-state index contributed by atoms with van der Waals surface area (Å²) >= 11 is 0. The minimum Gasteiger partial charge on any atom is -0.348 e. The highest BCUT2D eigenvalue weighted by atomic mass is 19.1. The average Bonchev–Trinajstić information content (AvgIpc) is 2.36. The Morgan fingerprint density at radius 2 is 2.22 bits per heavy atom. The van der Waals surface area contributed by atoms with E-state index in [9.17, 15) is 13.6 Å². The molecule has 0 heterocycles. The van der Waals surface area contributed by atoms with Crippen LogP contribution in [0.3, 0.4) is 0 Å². The molecule has 1 aromatic rings. The second-order valence-electron chi connectivity index (χ2n) is 3.33. The Morgan fingerprint density at radius 3 is 2.83 bits per heavy atom. The summed E-state index contributed by atoms with van der Waals surface area (Å²) < 4.78 is 26.2. The zero-order valence-corrected chi connectivity index (χ0v) is 9.41. The van der Waals surface area contributed by atoms with Crippen molar-refractivity contribution >= 4 is 12.0 Å². The molecule has 0 aliphatic carbocycles. The molecular formula is C13H10F2N2O. The summed E-state index contributed by atoms with van der Waals surface area (Å²) in [7, 11) is 0. The van der Waals surface area contributed by atoms with Gasteiger partial charge in [-0.1, -0.05) is 6.08 Å². The summed E-state index contributed by atoms with van der Waals surface area (Å²) in [6.07, 6.45) is 2.44. The molecule has 0 fully saturated rings. The van der Waals surface area contributed by atoms with E-state index >= 15 is 0 Å². The minimum atomic E-state index is -0.708. The Labute approximate surface area is 103 Å². The van der Waals surface area contributed by atoms with Crippen LogP contribution in [0.5, 0.6) is 0 Å². The number of amides is 1. The van der Waals surface area contributed by atoms with Crippen LogP contribution >= 0.6 is 0 Å². The van der Waals surface area contributed by atoms with Crippen LogP contribution in [0.1, 0.15) is 5.56 Å². The number of hydrogen-bond acceptors (Lipinski definition) is 2. The summed E-state index contributed by atoms with van der Waals surface area (Å²) in [6, 6.07) is 4.42. The monoisotopic (exact) mass is 248 g/mol. The van der Waals surface area contributed by atoms with Crippen LogP contribution in [0, 0.1) is 23.0 Å². The molecule has 0 aromatic heterocycles. The van der Waals surface area contributed by atoms with Crippen molar-refractivity contribution in [1.82, 2.24) is 5.32 Å². The fraction of sp³-hybridized carbons (Fsp3) is 0.0769. The van der Waals surface area contributed by atoms with Gasteiger partial charge < -0.3 is 5.32 Å². The Morgan fingerprint density at radius 1 is 1.50 bits per heavy atom. The molecule has 0 bridgehead atoms. The highest BCUT2D eigenvalue weighted by Crippen LogP contribution is 2.13. The fourth-order valence-corrected chi connectivity index (χ4v) is 1.19. The first-order valence-corrected chi connectivity index (χ1v) is 5.04. The van der Waals surface area contributed by atoms with Crippen molar-refractivity contribution in [3.8, 4) is 6.07 Å². The lowest BCUT2D eigenvalue weighted by Crippen LogP contribution is -2.24. The van der Waals surface area contributed by atoms with E-state index < -0.39 is 17.5 Å². The van der Waals surface area contributed by atoms with Crippen molar-refractivity contribution in [2.45, 2.75) is 0 Å². The zero-order valence-electron chi connectivity index (χ0n) is 9.41. The molecule has 0 aliphatic rings. The molecule has 0 spiro atoms. The van der Waals surface area contributed by atoms with Crippen molar-refractivity contribution in [3.63, 3.8) is 0 Å². The number of rotatable bonds is 4. The lowest BCUT2D eigenvalue weighted by Gasteiger charge is -2.01. The van der Waals surface area contributed by atoms with Gasteiger partial charge in [-0.15, -0.1) is 6.58 Å². The van der Waals surface area contributed by atoms with Crippen LogP contribution < -0.4 is 5.32 Å². The maximum Gasteiger partial charge on any atom is 0.262 e. The number of hydrogen-bond donors (Lipinski definition) is 1.